The number of likely N-dealkylation sites (tertiary alicyclic amines) is 1. The van der Waals surface area contributed by atoms with Gasteiger partial charge in [0.15, 0.2) is 0 Å². The number of hydrogen-bond donors (Lipinski definition) is 0. The summed E-state index contributed by atoms with van der Waals surface area (Å²) in [5.74, 6) is 0.799. The number of hydrogen-bond acceptors (Lipinski definition) is 6. The van der Waals surface area contributed by atoms with E-state index < -0.39 is 0 Å². The van der Waals surface area contributed by atoms with Gasteiger partial charge in [-0.05, 0) is 31.0 Å². The van der Waals surface area contributed by atoms with Gasteiger partial charge in [-0.3, -0.25) is 9.78 Å². The van der Waals surface area contributed by atoms with E-state index in [4.69, 9.17) is 4.74 Å². The van der Waals surface area contributed by atoms with Gasteiger partial charge in [0, 0.05) is 61.9 Å². The number of carbonyl (C=O) groups is 1. The monoisotopic (exact) mass is 353 g/mol. The molecule has 0 bridgehead atoms. The lowest BCUT2D eigenvalue weighted by atomic mass is 9.80. The van der Waals surface area contributed by atoms with Gasteiger partial charge in [-0.1, -0.05) is 0 Å². The van der Waals surface area contributed by atoms with Crippen LogP contribution in [0.4, 0.5) is 5.95 Å². The van der Waals surface area contributed by atoms with Crippen LogP contribution in [0.3, 0.4) is 0 Å². The van der Waals surface area contributed by atoms with Gasteiger partial charge in [0.25, 0.3) is 5.91 Å². The Balaban J connectivity index is 1.53. The zero-order valence-electron chi connectivity index (χ0n) is 14.8. The first-order valence-corrected chi connectivity index (χ1v) is 9.05. The molecule has 7 heteroatoms. The second kappa shape index (κ2) is 7.37. The number of nitrogens with zero attached hydrogens (tertiary/aromatic N) is 5. The summed E-state index contributed by atoms with van der Waals surface area (Å²) in [6.45, 7) is 4.36. The maximum Gasteiger partial charge on any atom is 0.253 e. The summed E-state index contributed by atoms with van der Waals surface area (Å²) in [5, 5.41) is 0. The molecule has 4 heterocycles. The summed E-state index contributed by atoms with van der Waals surface area (Å²) < 4.78 is 5.93. The first-order chi connectivity index (χ1) is 12.8. The van der Waals surface area contributed by atoms with E-state index in [1.807, 2.05) is 11.0 Å². The molecule has 2 aromatic rings. The number of piperidine rings is 1. The third kappa shape index (κ3) is 3.53. The third-order valence-electron chi connectivity index (χ3n) is 5.15. The van der Waals surface area contributed by atoms with Crippen LogP contribution in [-0.4, -0.2) is 65.2 Å². The predicted octanol–water partition coefficient (Wildman–Crippen LogP) is 1.63. The summed E-state index contributed by atoms with van der Waals surface area (Å²) in [4.78, 5) is 29.8. The van der Waals surface area contributed by atoms with Crippen LogP contribution in [0.5, 0.6) is 0 Å². The number of pyridine rings is 1. The molecular formula is C19H23N5O2. The Morgan fingerprint density at radius 1 is 1.08 bits per heavy atom. The van der Waals surface area contributed by atoms with Crippen LogP contribution < -0.4 is 4.90 Å². The molecule has 1 amide bonds. The number of carbonyl (C=O) groups excluding carboxylic acids is 1. The molecule has 2 fully saturated rings. The fourth-order valence-electron chi connectivity index (χ4n) is 3.92. The van der Waals surface area contributed by atoms with Gasteiger partial charge in [0.1, 0.15) is 0 Å². The fourth-order valence-corrected chi connectivity index (χ4v) is 3.92. The molecule has 0 unspecified atom stereocenters. The van der Waals surface area contributed by atoms with E-state index >= 15 is 0 Å². The van der Waals surface area contributed by atoms with Crippen molar-refractivity contribution in [2.24, 2.45) is 5.41 Å². The molecule has 0 saturated carbocycles. The Labute approximate surface area is 153 Å². The number of anilines is 1. The molecule has 2 aliphatic rings. The molecule has 1 atom stereocenters. The number of ether oxygens (including phenoxy) is 1. The minimum Gasteiger partial charge on any atom is -0.379 e. The molecule has 7 nitrogen and oxygen atoms in total. The lowest BCUT2D eigenvalue weighted by molar-refractivity contribution is 0.0135. The highest BCUT2D eigenvalue weighted by atomic mass is 16.5. The third-order valence-corrected chi connectivity index (χ3v) is 5.15. The summed E-state index contributed by atoms with van der Waals surface area (Å²) in [6.07, 6.45) is 8.87. The van der Waals surface area contributed by atoms with Crippen molar-refractivity contribution in [3.8, 4) is 0 Å². The van der Waals surface area contributed by atoms with Crippen LogP contribution in [-0.2, 0) is 4.74 Å². The first kappa shape index (κ1) is 16.9. The zero-order chi connectivity index (χ0) is 17.8. The second-order valence-corrected chi connectivity index (χ2v) is 7.09. The van der Waals surface area contributed by atoms with E-state index in [0.29, 0.717) is 25.3 Å². The minimum atomic E-state index is -0.0867. The number of amides is 1. The standard InChI is InChI=1S/C19H23N5O2/c25-17(16-3-8-20-9-4-16)23-10-1-5-19(13-23)14-24(11-12-26-15-19)18-21-6-2-7-22-18/h2-4,6-9H,1,5,10-15H2/t19-/m1/s1. The van der Waals surface area contributed by atoms with Crippen molar-refractivity contribution >= 4 is 11.9 Å². The molecule has 0 radical (unpaired) electrons. The van der Waals surface area contributed by atoms with Gasteiger partial charge in [0.2, 0.25) is 5.95 Å². The maximum absolute atomic E-state index is 12.9. The summed E-state index contributed by atoms with van der Waals surface area (Å²) in [7, 11) is 0. The van der Waals surface area contributed by atoms with Gasteiger partial charge in [-0.2, -0.15) is 0 Å². The number of aromatic nitrogens is 3. The molecule has 0 N–H and O–H groups in total. The molecule has 4 rings (SSSR count). The quantitative estimate of drug-likeness (QED) is 0.817. The van der Waals surface area contributed by atoms with E-state index in [1.165, 1.54) is 0 Å². The summed E-state index contributed by atoms with van der Waals surface area (Å²) in [6, 6.07) is 5.37. The minimum absolute atomic E-state index is 0.0678. The van der Waals surface area contributed by atoms with Gasteiger partial charge >= 0.3 is 0 Å². The Kier molecular flexibility index (Phi) is 4.79. The summed E-state index contributed by atoms with van der Waals surface area (Å²) in [5.41, 5.74) is 0.603. The second-order valence-electron chi connectivity index (χ2n) is 7.09. The van der Waals surface area contributed by atoms with Crippen LogP contribution in [0.1, 0.15) is 23.2 Å². The largest absolute Gasteiger partial charge is 0.379 e. The van der Waals surface area contributed by atoms with Crippen molar-refractivity contribution in [2.75, 3.05) is 44.3 Å². The maximum atomic E-state index is 12.9. The smallest absolute Gasteiger partial charge is 0.253 e. The lowest BCUT2D eigenvalue weighted by Gasteiger charge is -2.43. The Bertz CT molecular complexity index is 742. The zero-order valence-corrected chi connectivity index (χ0v) is 14.8. The fraction of sp³-hybridized carbons (Fsp3) is 0.474. The van der Waals surface area contributed by atoms with Gasteiger partial charge in [0.05, 0.1) is 13.2 Å². The van der Waals surface area contributed by atoms with Crippen molar-refractivity contribution in [3.63, 3.8) is 0 Å². The molecule has 136 valence electrons. The number of rotatable bonds is 2. The SMILES string of the molecule is O=C(c1ccncc1)N1CCC[C@@]2(COCCN(c3ncccn3)C2)C1. The highest BCUT2D eigenvalue weighted by Gasteiger charge is 2.41. The van der Waals surface area contributed by atoms with Crippen LogP contribution in [0, 0.1) is 5.41 Å². The molecule has 26 heavy (non-hydrogen) atoms. The predicted molar refractivity (Wildman–Crippen MR) is 96.9 cm³/mol. The van der Waals surface area contributed by atoms with E-state index in [2.05, 4.69) is 19.9 Å². The Morgan fingerprint density at radius 3 is 2.69 bits per heavy atom. The van der Waals surface area contributed by atoms with Crippen LogP contribution in [0.25, 0.3) is 0 Å². The highest BCUT2D eigenvalue weighted by molar-refractivity contribution is 5.94. The van der Waals surface area contributed by atoms with Crippen molar-refractivity contribution in [1.29, 1.82) is 0 Å². The van der Waals surface area contributed by atoms with E-state index in [0.717, 1.165) is 38.4 Å². The van der Waals surface area contributed by atoms with Crippen LogP contribution in [0.15, 0.2) is 43.0 Å². The highest BCUT2D eigenvalue weighted by Crippen LogP contribution is 2.34. The molecule has 2 saturated heterocycles. The van der Waals surface area contributed by atoms with Crippen molar-refractivity contribution in [1.82, 2.24) is 19.9 Å². The lowest BCUT2D eigenvalue weighted by Crippen LogP contribution is -2.52. The first-order valence-electron chi connectivity index (χ1n) is 9.05. The average Bonchev–Trinajstić information content (AvgIpc) is 2.91. The topological polar surface area (TPSA) is 71.5 Å². The summed E-state index contributed by atoms with van der Waals surface area (Å²) >= 11 is 0. The van der Waals surface area contributed by atoms with Gasteiger partial charge in [-0.25, -0.2) is 9.97 Å². The van der Waals surface area contributed by atoms with E-state index in [1.54, 1.807) is 36.9 Å². The molecule has 2 aromatic heterocycles. The van der Waals surface area contributed by atoms with E-state index in [-0.39, 0.29) is 11.3 Å². The van der Waals surface area contributed by atoms with Crippen LogP contribution in [0.2, 0.25) is 0 Å². The normalized spacial score (nSPS) is 23.7. The van der Waals surface area contributed by atoms with Crippen molar-refractivity contribution < 1.29 is 9.53 Å². The van der Waals surface area contributed by atoms with Crippen molar-refractivity contribution in [3.05, 3.63) is 48.5 Å². The molecule has 2 aliphatic heterocycles. The molecule has 1 spiro atoms. The Morgan fingerprint density at radius 2 is 1.88 bits per heavy atom. The Hall–Kier alpha value is -2.54. The van der Waals surface area contributed by atoms with Gasteiger partial charge in [-0.15, -0.1) is 0 Å². The average molecular weight is 353 g/mol. The van der Waals surface area contributed by atoms with Crippen molar-refractivity contribution in [2.45, 2.75) is 12.8 Å². The van der Waals surface area contributed by atoms with Gasteiger partial charge < -0.3 is 14.5 Å². The molecule has 0 aliphatic carbocycles. The molecular weight excluding hydrogens is 330 g/mol. The van der Waals surface area contributed by atoms with E-state index in [9.17, 15) is 4.79 Å². The molecule has 0 aromatic carbocycles. The van der Waals surface area contributed by atoms with Crippen LogP contribution >= 0.6 is 0 Å².